The minimum atomic E-state index is -0.625. The quantitative estimate of drug-likeness (QED) is 0.121. The number of carbonyl (C=O) groups is 1. The topological polar surface area (TPSA) is 122 Å². The third-order valence-electron chi connectivity index (χ3n) is 5.44. The molecule has 1 N–H and O–H groups in total. The molecule has 0 aliphatic rings. The van der Waals surface area contributed by atoms with Crippen LogP contribution in [0.15, 0.2) is 60.8 Å². The van der Waals surface area contributed by atoms with Gasteiger partial charge in [-0.2, -0.15) is 0 Å². The molecule has 0 saturated heterocycles. The van der Waals surface area contributed by atoms with Crippen LogP contribution in [0.4, 0.5) is 11.4 Å². The average Bonchev–Trinajstić information content (AvgIpc) is 3.36. The lowest BCUT2D eigenvalue weighted by molar-refractivity contribution is -0.385. The van der Waals surface area contributed by atoms with Crippen molar-refractivity contribution in [3.05, 3.63) is 76.5 Å². The number of nitrogens with zero attached hydrogens (tertiary/aromatic N) is 2. The van der Waals surface area contributed by atoms with Gasteiger partial charge in [0.1, 0.15) is 16.5 Å². The summed E-state index contributed by atoms with van der Waals surface area (Å²) < 4.78 is 21.9. The number of hydrogen-bond donors (Lipinski definition) is 1. The maximum atomic E-state index is 12.6. The summed E-state index contributed by atoms with van der Waals surface area (Å²) >= 11 is 1.52. The first kappa shape index (κ1) is 25.5. The van der Waals surface area contributed by atoms with Gasteiger partial charge in [0.05, 0.1) is 43.6 Å². The number of aromatic nitrogens is 1. The highest BCUT2D eigenvalue weighted by molar-refractivity contribution is 7.22. The SMILES string of the molecule is COc1cc(OC)c2sc(-c3ccc(N/C=C\C(=O)c4cc(OC)c(OC)c([N+](=O)[O-])c4)cc3)nc2c1. The fraction of sp³-hybridized carbons (Fsp3) is 0.154. The van der Waals surface area contributed by atoms with Crippen molar-refractivity contribution in [1.82, 2.24) is 4.98 Å². The van der Waals surface area contributed by atoms with Crippen LogP contribution in [0.1, 0.15) is 10.4 Å². The zero-order valence-corrected chi connectivity index (χ0v) is 21.3. The van der Waals surface area contributed by atoms with Gasteiger partial charge in [0.2, 0.25) is 5.75 Å². The van der Waals surface area contributed by atoms with E-state index in [4.69, 9.17) is 23.9 Å². The number of hydrogen-bond acceptors (Lipinski definition) is 10. The number of ketones is 1. The summed E-state index contributed by atoms with van der Waals surface area (Å²) in [5, 5.41) is 15.2. The number of nitrogens with one attached hydrogen (secondary N) is 1. The second-order valence-corrected chi connectivity index (χ2v) is 8.60. The monoisotopic (exact) mass is 521 g/mol. The molecule has 4 aromatic rings. The molecule has 11 heteroatoms. The predicted octanol–water partition coefficient (Wildman–Crippen LogP) is 5.71. The Morgan fingerprint density at radius 1 is 0.973 bits per heavy atom. The molecule has 0 aliphatic carbocycles. The fourth-order valence-electron chi connectivity index (χ4n) is 3.61. The number of carbonyl (C=O) groups excluding carboxylic acids is 1. The zero-order chi connectivity index (χ0) is 26.5. The first-order chi connectivity index (χ1) is 17.9. The van der Waals surface area contributed by atoms with Crippen molar-refractivity contribution < 1.29 is 28.7 Å². The maximum Gasteiger partial charge on any atom is 0.315 e. The molecular weight excluding hydrogens is 498 g/mol. The standard InChI is InChI=1S/C26H23N3O7S/c1-33-18-13-19-25(23(14-18)35-3)37-26(28-19)15-5-7-17(8-6-15)27-10-9-21(30)16-11-20(29(31)32)24(36-4)22(12-16)34-2/h5-14,27H,1-4H3/b10-9-. The molecule has 190 valence electrons. The molecule has 0 spiro atoms. The third kappa shape index (κ3) is 5.31. The van der Waals surface area contributed by atoms with Gasteiger partial charge in [-0.25, -0.2) is 4.98 Å². The average molecular weight is 522 g/mol. The number of fused-ring (bicyclic) bond motifs is 1. The number of anilines is 1. The molecule has 0 radical (unpaired) electrons. The summed E-state index contributed by atoms with van der Waals surface area (Å²) in [7, 11) is 5.85. The van der Waals surface area contributed by atoms with Crippen LogP contribution in [0.5, 0.6) is 23.0 Å². The lowest BCUT2D eigenvalue weighted by atomic mass is 10.1. The summed E-state index contributed by atoms with van der Waals surface area (Å²) in [6, 6.07) is 13.8. The zero-order valence-electron chi connectivity index (χ0n) is 20.4. The number of allylic oxidation sites excluding steroid dienone is 1. The van der Waals surface area contributed by atoms with Crippen LogP contribution in [0.2, 0.25) is 0 Å². The lowest BCUT2D eigenvalue weighted by Crippen LogP contribution is -2.02. The molecule has 3 aromatic carbocycles. The van der Waals surface area contributed by atoms with E-state index in [-0.39, 0.29) is 22.7 Å². The van der Waals surface area contributed by atoms with Gasteiger partial charge in [0, 0.05) is 47.3 Å². The Hall–Kier alpha value is -4.64. The van der Waals surface area contributed by atoms with E-state index >= 15 is 0 Å². The van der Waals surface area contributed by atoms with Crippen LogP contribution in [-0.4, -0.2) is 44.1 Å². The number of thiazole rings is 1. The third-order valence-corrected chi connectivity index (χ3v) is 6.58. The van der Waals surface area contributed by atoms with Crippen molar-refractivity contribution in [2.45, 2.75) is 0 Å². The van der Waals surface area contributed by atoms with E-state index in [1.807, 2.05) is 36.4 Å². The van der Waals surface area contributed by atoms with Gasteiger partial charge in [0.25, 0.3) is 0 Å². The molecule has 0 unspecified atom stereocenters. The maximum absolute atomic E-state index is 12.6. The van der Waals surface area contributed by atoms with Gasteiger partial charge in [-0.3, -0.25) is 14.9 Å². The Bertz CT molecular complexity index is 1500. The fourth-order valence-corrected chi connectivity index (χ4v) is 4.65. The molecule has 0 fully saturated rings. The van der Waals surface area contributed by atoms with Crippen LogP contribution in [0, 0.1) is 10.1 Å². The molecule has 0 amide bonds. The van der Waals surface area contributed by atoms with Crippen molar-refractivity contribution in [2.24, 2.45) is 0 Å². The number of nitro groups is 1. The summed E-state index contributed by atoms with van der Waals surface area (Å²) in [5.74, 6) is 0.989. The Morgan fingerprint density at radius 3 is 2.32 bits per heavy atom. The number of rotatable bonds is 10. The van der Waals surface area contributed by atoms with E-state index < -0.39 is 10.7 Å². The van der Waals surface area contributed by atoms with Crippen molar-refractivity contribution in [3.63, 3.8) is 0 Å². The van der Waals surface area contributed by atoms with Crippen LogP contribution < -0.4 is 24.3 Å². The first-order valence-electron chi connectivity index (χ1n) is 10.9. The summed E-state index contributed by atoms with van der Waals surface area (Å²) in [4.78, 5) is 28.1. The summed E-state index contributed by atoms with van der Waals surface area (Å²) in [6.07, 6.45) is 2.75. The van der Waals surface area contributed by atoms with Gasteiger partial charge in [-0.15, -0.1) is 11.3 Å². The van der Waals surface area contributed by atoms with Crippen LogP contribution in [0.25, 0.3) is 20.8 Å². The Balaban J connectivity index is 1.49. The molecule has 10 nitrogen and oxygen atoms in total. The molecule has 0 atom stereocenters. The Morgan fingerprint density at radius 2 is 1.70 bits per heavy atom. The molecule has 0 aliphatic heterocycles. The van der Waals surface area contributed by atoms with Crippen LogP contribution in [0.3, 0.4) is 0 Å². The van der Waals surface area contributed by atoms with E-state index in [9.17, 15) is 14.9 Å². The van der Waals surface area contributed by atoms with E-state index in [1.165, 1.54) is 43.9 Å². The smallest absolute Gasteiger partial charge is 0.315 e. The molecule has 0 bridgehead atoms. The second-order valence-electron chi connectivity index (χ2n) is 7.60. The molecular formula is C26H23N3O7S. The lowest BCUT2D eigenvalue weighted by Gasteiger charge is -2.09. The van der Waals surface area contributed by atoms with E-state index in [1.54, 1.807) is 14.2 Å². The highest BCUT2D eigenvalue weighted by atomic mass is 32.1. The number of methoxy groups -OCH3 is 4. The normalized spacial score (nSPS) is 10.9. The largest absolute Gasteiger partial charge is 0.497 e. The molecule has 4 rings (SSSR count). The predicted molar refractivity (Wildman–Crippen MR) is 141 cm³/mol. The minimum absolute atomic E-state index is 0.0445. The van der Waals surface area contributed by atoms with Gasteiger partial charge in [-0.1, -0.05) is 0 Å². The van der Waals surface area contributed by atoms with Crippen molar-refractivity contribution in [2.75, 3.05) is 33.8 Å². The number of ether oxygens (including phenoxy) is 4. The summed E-state index contributed by atoms with van der Waals surface area (Å²) in [5.41, 5.74) is 2.20. The second kappa shape index (κ2) is 11.0. The van der Waals surface area contributed by atoms with Gasteiger partial charge < -0.3 is 24.3 Å². The highest BCUT2D eigenvalue weighted by Gasteiger charge is 2.23. The van der Waals surface area contributed by atoms with Crippen molar-refractivity contribution >= 4 is 38.7 Å². The van der Waals surface area contributed by atoms with Crippen LogP contribution in [-0.2, 0) is 0 Å². The van der Waals surface area contributed by atoms with Crippen molar-refractivity contribution in [3.8, 4) is 33.6 Å². The molecule has 1 aromatic heterocycles. The van der Waals surface area contributed by atoms with E-state index in [0.717, 1.165) is 32.5 Å². The first-order valence-corrected chi connectivity index (χ1v) is 11.7. The Kier molecular flexibility index (Phi) is 7.54. The van der Waals surface area contributed by atoms with E-state index in [0.29, 0.717) is 11.5 Å². The highest BCUT2D eigenvalue weighted by Crippen LogP contribution is 2.39. The minimum Gasteiger partial charge on any atom is -0.497 e. The van der Waals surface area contributed by atoms with Crippen molar-refractivity contribution in [1.29, 1.82) is 0 Å². The summed E-state index contributed by atoms with van der Waals surface area (Å²) in [6.45, 7) is 0. The molecule has 37 heavy (non-hydrogen) atoms. The molecule has 0 saturated carbocycles. The van der Waals surface area contributed by atoms with Gasteiger partial charge in [-0.05, 0) is 30.3 Å². The van der Waals surface area contributed by atoms with Gasteiger partial charge in [0.15, 0.2) is 11.5 Å². The van der Waals surface area contributed by atoms with Crippen LogP contribution >= 0.6 is 11.3 Å². The number of benzene rings is 3. The molecule has 1 heterocycles. The Labute approximate surface area is 216 Å². The van der Waals surface area contributed by atoms with Gasteiger partial charge >= 0.3 is 5.69 Å². The van der Waals surface area contributed by atoms with E-state index in [2.05, 4.69) is 5.32 Å². The number of nitro benzene ring substituents is 1.